The second-order valence-corrected chi connectivity index (χ2v) is 7.79. The molecule has 136 valence electrons. The number of thioether (sulfide) groups is 1. The average molecular weight is 435 g/mol. The average Bonchev–Trinajstić information content (AvgIpc) is 3.07. The van der Waals surface area contributed by atoms with Crippen LogP contribution in [-0.4, -0.2) is 31.2 Å². The first-order valence-corrected chi connectivity index (χ1v) is 10.0. The van der Waals surface area contributed by atoms with Gasteiger partial charge in [-0.25, -0.2) is 0 Å². The fourth-order valence-corrected chi connectivity index (χ4v) is 3.72. The van der Waals surface area contributed by atoms with E-state index in [4.69, 9.17) is 4.74 Å². The number of hydrogen-bond donors (Lipinski definition) is 1. The highest BCUT2D eigenvalue weighted by Gasteiger charge is 2.24. The molecule has 2 aromatic rings. The first kappa shape index (κ1) is 18.8. The Kier molecular flexibility index (Phi) is 6.21. The van der Waals surface area contributed by atoms with E-state index >= 15 is 0 Å². The Morgan fingerprint density at radius 3 is 2.69 bits per heavy atom. The Hall–Kier alpha value is -1.99. The number of anilines is 2. The van der Waals surface area contributed by atoms with Crippen LogP contribution in [-0.2, 0) is 9.59 Å². The van der Waals surface area contributed by atoms with Gasteiger partial charge in [-0.15, -0.1) is 11.8 Å². The molecule has 1 heterocycles. The van der Waals surface area contributed by atoms with Crippen molar-refractivity contribution in [3.63, 3.8) is 0 Å². The maximum atomic E-state index is 12.2. The van der Waals surface area contributed by atoms with Crippen LogP contribution >= 0.6 is 27.7 Å². The lowest BCUT2D eigenvalue weighted by Crippen LogP contribution is -2.24. The zero-order valence-corrected chi connectivity index (χ0v) is 16.7. The van der Waals surface area contributed by atoms with Crippen LogP contribution in [0.3, 0.4) is 0 Å². The summed E-state index contributed by atoms with van der Waals surface area (Å²) in [5.74, 6) is 0.908. The zero-order chi connectivity index (χ0) is 18.5. The maximum Gasteiger partial charge on any atom is 0.234 e. The molecule has 3 rings (SSSR count). The molecular formula is C19H19BrN2O3S. The van der Waals surface area contributed by atoms with Crippen molar-refractivity contribution in [1.29, 1.82) is 0 Å². The molecule has 7 heteroatoms. The Labute approximate surface area is 165 Å². The molecule has 0 atom stereocenters. The summed E-state index contributed by atoms with van der Waals surface area (Å²) in [5.41, 5.74) is 1.40. The van der Waals surface area contributed by atoms with Crippen LogP contribution in [0, 0.1) is 0 Å². The number of carbonyl (C=O) groups excluding carboxylic acids is 2. The van der Waals surface area contributed by atoms with Crippen LogP contribution < -0.4 is 15.0 Å². The van der Waals surface area contributed by atoms with Gasteiger partial charge in [-0.2, -0.15) is 0 Å². The van der Waals surface area contributed by atoms with Crippen LogP contribution in [0.2, 0.25) is 0 Å². The Morgan fingerprint density at radius 2 is 2.04 bits per heavy atom. The first-order valence-electron chi connectivity index (χ1n) is 8.23. The summed E-state index contributed by atoms with van der Waals surface area (Å²) in [6.07, 6.45) is 1.42. The SMILES string of the molecule is COc1cc(NC(=O)CSc2ccc(Br)cc2)ccc1N1CCCC1=O. The van der Waals surface area contributed by atoms with Crippen molar-refractivity contribution in [2.75, 3.05) is 29.6 Å². The summed E-state index contributed by atoms with van der Waals surface area (Å²) in [5, 5.41) is 2.87. The van der Waals surface area contributed by atoms with Crippen LogP contribution in [0.15, 0.2) is 51.8 Å². The largest absolute Gasteiger partial charge is 0.494 e. The minimum Gasteiger partial charge on any atom is -0.494 e. The molecule has 2 aromatic carbocycles. The predicted octanol–water partition coefficient (Wildman–Crippen LogP) is 4.32. The summed E-state index contributed by atoms with van der Waals surface area (Å²) >= 11 is 4.87. The van der Waals surface area contributed by atoms with E-state index in [1.807, 2.05) is 30.3 Å². The molecule has 1 aliphatic heterocycles. The minimum atomic E-state index is -0.0926. The highest BCUT2D eigenvalue weighted by atomic mass is 79.9. The fourth-order valence-electron chi connectivity index (χ4n) is 2.76. The number of amides is 2. The van der Waals surface area contributed by atoms with Crippen molar-refractivity contribution in [1.82, 2.24) is 0 Å². The summed E-state index contributed by atoms with van der Waals surface area (Å²) in [6.45, 7) is 0.699. The third-order valence-corrected chi connectivity index (χ3v) is 5.55. The van der Waals surface area contributed by atoms with Gasteiger partial charge in [0.25, 0.3) is 0 Å². The third kappa shape index (κ3) is 4.59. The lowest BCUT2D eigenvalue weighted by atomic mass is 10.2. The number of rotatable bonds is 6. The monoisotopic (exact) mass is 434 g/mol. The van der Waals surface area contributed by atoms with Crippen molar-refractivity contribution in [3.05, 3.63) is 46.9 Å². The molecule has 0 saturated carbocycles. The third-order valence-electron chi connectivity index (χ3n) is 4.01. The number of methoxy groups -OCH3 is 1. The highest BCUT2D eigenvalue weighted by molar-refractivity contribution is 9.10. The van der Waals surface area contributed by atoms with Crippen molar-refractivity contribution in [2.45, 2.75) is 17.7 Å². The van der Waals surface area contributed by atoms with Gasteiger partial charge in [-0.3, -0.25) is 9.59 Å². The van der Waals surface area contributed by atoms with E-state index in [0.717, 1.165) is 21.5 Å². The van der Waals surface area contributed by atoms with Crippen molar-refractivity contribution < 1.29 is 14.3 Å². The standard InChI is InChI=1S/C19H19BrN2O3S/c1-25-17-11-14(6-9-16(17)22-10-2-3-19(22)24)21-18(23)12-26-15-7-4-13(20)5-8-15/h4-9,11H,2-3,10,12H2,1H3,(H,21,23). The maximum absolute atomic E-state index is 12.2. The molecule has 5 nitrogen and oxygen atoms in total. The molecule has 2 amide bonds. The van der Waals surface area contributed by atoms with Crippen LogP contribution in [0.1, 0.15) is 12.8 Å². The molecule has 0 unspecified atom stereocenters. The Bertz CT molecular complexity index is 811. The van der Waals surface area contributed by atoms with E-state index in [1.54, 1.807) is 24.1 Å². The molecule has 0 radical (unpaired) electrons. The Balaban J connectivity index is 1.63. The smallest absolute Gasteiger partial charge is 0.234 e. The van der Waals surface area contributed by atoms with E-state index in [-0.39, 0.29) is 11.8 Å². The first-order chi connectivity index (χ1) is 12.6. The molecule has 0 aliphatic carbocycles. The van der Waals surface area contributed by atoms with Gasteiger partial charge in [0.2, 0.25) is 11.8 Å². The molecule has 1 saturated heterocycles. The number of halogens is 1. The molecule has 0 spiro atoms. The van der Waals surface area contributed by atoms with Gasteiger partial charge in [-0.1, -0.05) is 15.9 Å². The molecule has 1 N–H and O–H groups in total. The van der Waals surface area contributed by atoms with E-state index < -0.39 is 0 Å². The lowest BCUT2D eigenvalue weighted by molar-refractivity contribution is -0.117. The molecule has 0 aromatic heterocycles. The second kappa shape index (κ2) is 8.60. The van der Waals surface area contributed by atoms with Crippen molar-refractivity contribution in [3.8, 4) is 5.75 Å². The number of nitrogens with one attached hydrogen (secondary N) is 1. The number of ether oxygens (including phenoxy) is 1. The van der Waals surface area contributed by atoms with Gasteiger partial charge < -0.3 is 15.0 Å². The highest BCUT2D eigenvalue weighted by Crippen LogP contribution is 2.34. The molecule has 0 bridgehead atoms. The summed E-state index contributed by atoms with van der Waals surface area (Å²) in [7, 11) is 1.56. The van der Waals surface area contributed by atoms with Crippen molar-refractivity contribution in [2.24, 2.45) is 0 Å². The molecule has 1 aliphatic rings. The zero-order valence-electron chi connectivity index (χ0n) is 14.3. The van der Waals surface area contributed by atoms with Crippen LogP contribution in [0.5, 0.6) is 5.75 Å². The molecular weight excluding hydrogens is 416 g/mol. The van der Waals surface area contributed by atoms with Crippen LogP contribution in [0.25, 0.3) is 0 Å². The fraction of sp³-hybridized carbons (Fsp3) is 0.263. The van der Waals surface area contributed by atoms with E-state index in [1.165, 1.54) is 11.8 Å². The van der Waals surface area contributed by atoms with Gasteiger partial charge >= 0.3 is 0 Å². The lowest BCUT2D eigenvalue weighted by Gasteiger charge is -2.19. The normalized spacial score (nSPS) is 13.8. The topological polar surface area (TPSA) is 58.6 Å². The van der Waals surface area contributed by atoms with E-state index in [0.29, 0.717) is 30.2 Å². The number of hydrogen-bond acceptors (Lipinski definition) is 4. The van der Waals surface area contributed by atoms with Gasteiger partial charge in [-0.05, 0) is 42.8 Å². The van der Waals surface area contributed by atoms with E-state index in [9.17, 15) is 9.59 Å². The number of carbonyl (C=O) groups is 2. The second-order valence-electron chi connectivity index (χ2n) is 5.83. The van der Waals surface area contributed by atoms with Crippen molar-refractivity contribution >= 4 is 50.9 Å². The van der Waals surface area contributed by atoms with Gasteiger partial charge in [0.05, 0.1) is 18.6 Å². The molecule has 26 heavy (non-hydrogen) atoms. The predicted molar refractivity (Wildman–Crippen MR) is 108 cm³/mol. The van der Waals surface area contributed by atoms with Gasteiger partial charge in [0.15, 0.2) is 0 Å². The van der Waals surface area contributed by atoms with Crippen LogP contribution in [0.4, 0.5) is 11.4 Å². The quantitative estimate of drug-likeness (QED) is 0.687. The minimum absolute atomic E-state index is 0.0926. The number of nitrogens with zero attached hydrogens (tertiary/aromatic N) is 1. The molecule has 1 fully saturated rings. The number of benzene rings is 2. The van der Waals surface area contributed by atoms with Gasteiger partial charge in [0, 0.05) is 34.1 Å². The van der Waals surface area contributed by atoms with Gasteiger partial charge in [0.1, 0.15) is 5.75 Å². The van der Waals surface area contributed by atoms with E-state index in [2.05, 4.69) is 21.2 Å². The summed E-state index contributed by atoms with van der Waals surface area (Å²) in [6, 6.07) is 13.2. The Morgan fingerprint density at radius 1 is 1.27 bits per heavy atom. The summed E-state index contributed by atoms with van der Waals surface area (Å²) in [4.78, 5) is 26.9. The summed E-state index contributed by atoms with van der Waals surface area (Å²) < 4.78 is 6.42.